The minimum absolute atomic E-state index is 0.257. The van der Waals surface area contributed by atoms with Gasteiger partial charge >= 0.3 is 0 Å². The van der Waals surface area contributed by atoms with E-state index in [-0.39, 0.29) is 5.41 Å². The third-order valence-corrected chi connectivity index (χ3v) is 4.90. The summed E-state index contributed by atoms with van der Waals surface area (Å²) in [5, 5.41) is 0. The topological polar surface area (TPSA) is 43.1 Å². The summed E-state index contributed by atoms with van der Waals surface area (Å²) in [4.78, 5) is 12.9. The first-order valence-corrected chi connectivity index (χ1v) is 7.87. The van der Waals surface area contributed by atoms with Gasteiger partial charge in [-0.1, -0.05) is 49.4 Å². The molecule has 0 radical (unpaired) electrons. The van der Waals surface area contributed by atoms with Gasteiger partial charge in [0, 0.05) is 18.4 Å². The van der Waals surface area contributed by atoms with Crippen molar-refractivity contribution in [3.05, 3.63) is 34.9 Å². The van der Waals surface area contributed by atoms with Crippen LogP contribution in [-0.2, 0) is 11.2 Å². The Labute approximate surface area is 122 Å². The highest BCUT2D eigenvalue weighted by atomic mass is 16.1. The van der Waals surface area contributed by atoms with Gasteiger partial charge in [-0.15, -0.1) is 0 Å². The molecule has 0 spiro atoms. The van der Waals surface area contributed by atoms with Crippen molar-refractivity contribution in [3.8, 4) is 0 Å². The van der Waals surface area contributed by atoms with E-state index in [2.05, 4.69) is 32.0 Å². The molecule has 0 atom stereocenters. The Morgan fingerprint density at radius 3 is 2.40 bits per heavy atom. The van der Waals surface area contributed by atoms with Crippen LogP contribution in [0.4, 0.5) is 0 Å². The van der Waals surface area contributed by atoms with Crippen molar-refractivity contribution in [2.75, 3.05) is 6.54 Å². The quantitative estimate of drug-likeness (QED) is 0.850. The molecule has 1 fully saturated rings. The summed E-state index contributed by atoms with van der Waals surface area (Å²) in [5.41, 5.74) is 9.36. The van der Waals surface area contributed by atoms with Crippen molar-refractivity contribution in [2.45, 2.75) is 58.8 Å². The molecule has 110 valence electrons. The highest BCUT2D eigenvalue weighted by Gasteiger charge is 2.36. The number of aryl methyl sites for hydroxylation is 2. The zero-order chi connectivity index (χ0) is 14.6. The second-order valence-electron chi connectivity index (χ2n) is 6.43. The molecule has 1 aliphatic rings. The number of Topliss-reactive ketones (excluding diaryl/α,β-unsaturated/α-hetero) is 1. The molecule has 2 N–H and O–H groups in total. The predicted octanol–water partition coefficient (Wildman–Crippen LogP) is 3.71. The number of carbonyl (C=O) groups is 1. The van der Waals surface area contributed by atoms with Gasteiger partial charge in [0.25, 0.3) is 0 Å². The second kappa shape index (κ2) is 6.53. The largest absolute Gasteiger partial charge is 0.329 e. The van der Waals surface area contributed by atoms with Crippen LogP contribution in [0, 0.1) is 19.3 Å². The van der Waals surface area contributed by atoms with Gasteiger partial charge in [-0.25, -0.2) is 0 Å². The molecule has 0 aromatic heterocycles. The van der Waals surface area contributed by atoms with E-state index in [4.69, 9.17) is 5.73 Å². The van der Waals surface area contributed by atoms with E-state index >= 15 is 0 Å². The van der Waals surface area contributed by atoms with Crippen LogP contribution in [0.3, 0.4) is 0 Å². The van der Waals surface area contributed by atoms with E-state index in [1.807, 2.05) is 0 Å². The van der Waals surface area contributed by atoms with Crippen LogP contribution < -0.4 is 5.73 Å². The Morgan fingerprint density at radius 1 is 1.15 bits per heavy atom. The molecular weight excluding hydrogens is 246 g/mol. The van der Waals surface area contributed by atoms with Gasteiger partial charge in [-0.3, -0.25) is 4.79 Å². The predicted molar refractivity (Wildman–Crippen MR) is 83.8 cm³/mol. The molecule has 0 amide bonds. The second-order valence-corrected chi connectivity index (χ2v) is 6.43. The summed E-state index contributed by atoms with van der Waals surface area (Å²) in [6, 6.07) is 6.36. The van der Waals surface area contributed by atoms with Gasteiger partial charge in [0.05, 0.1) is 0 Å². The highest BCUT2D eigenvalue weighted by molar-refractivity contribution is 5.87. The molecule has 1 aromatic carbocycles. The molecular formula is C18H27NO. The summed E-state index contributed by atoms with van der Waals surface area (Å²) in [6.07, 6.45) is 7.30. The molecule has 0 saturated heterocycles. The number of hydrogen-bond donors (Lipinski definition) is 1. The first-order chi connectivity index (χ1) is 9.57. The zero-order valence-corrected chi connectivity index (χ0v) is 12.9. The van der Waals surface area contributed by atoms with Gasteiger partial charge < -0.3 is 5.73 Å². The Morgan fingerprint density at radius 2 is 1.80 bits per heavy atom. The van der Waals surface area contributed by atoms with E-state index in [1.165, 1.54) is 29.5 Å². The number of ketones is 1. The highest BCUT2D eigenvalue weighted by Crippen LogP contribution is 2.36. The fraction of sp³-hybridized carbons (Fsp3) is 0.611. The lowest BCUT2D eigenvalue weighted by Gasteiger charge is -2.30. The van der Waals surface area contributed by atoms with Gasteiger partial charge in [0.1, 0.15) is 5.78 Å². The van der Waals surface area contributed by atoms with E-state index < -0.39 is 0 Å². The lowest BCUT2D eigenvalue weighted by molar-refractivity contribution is -0.128. The summed E-state index contributed by atoms with van der Waals surface area (Å²) >= 11 is 0. The minimum Gasteiger partial charge on any atom is -0.329 e. The van der Waals surface area contributed by atoms with Crippen molar-refractivity contribution in [1.29, 1.82) is 0 Å². The van der Waals surface area contributed by atoms with Crippen molar-refractivity contribution in [2.24, 2.45) is 11.1 Å². The summed E-state index contributed by atoms with van der Waals surface area (Å²) < 4.78 is 0. The van der Waals surface area contributed by atoms with Gasteiger partial charge in [-0.2, -0.15) is 0 Å². The fourth-order valence-electron chi connectivity index (χ4n) is 3.35. The Balaban J connectivity index is 2.18. The monoisotopic (exact) mass is 273 g/mol. The molecule has 1 aromatic rings. The number of rotatable bonds is 4. The van der Waals surface area contributed by atoms with Crippen molar-refractivity contribution in [1.82, 2.24) is 0 Å². The summed E-state index contributed by atoms with van der Waals surface area (Å²) in [6.45, 7) is 4.68. The van der Waals surface area contributed by atoms with Crippen LogP contribution in [-0.4, -0.2) is 12.3 Å². The van der Waals surface area contributed by atoms with Crippen molar-refractivity contribution in [3.63, 3.8) is 0 Å². The van der Waals surface area contributed by atoms with Crippen LogP contribution in [0.5, 0.6) is 0 Å². The van der Waals surface area contributed by atoms with Crippen LogP contribution >= 0.6 is 0 Å². The van der Waals surface area contributed by atoms with Crippen LogP contribution in [0.2, 0.25) is 0 Å². The maximum atomic E-state index is 12.9. The lowest BCUT2D eigenvalue weighted by atomic mass is 9.74. The zero-order valence-electron chi connectivity index (χ0n) is 12.9. The molecule has 2 nitrogen and oxygen atoms in total. The third kappa shape index (κ3) is 3.29. The smallest absolute Gasteiger partial charge is 0.144 e. The van der Waals surface area contributed by atoms with Crippen molar-refractivity contribution >= 4 is 5.78 Å². The lowest BCUT2D eigenvalue weighted by Crippen LogP contribution is -2.39. The van der Waals surface area contributed by atoms with E-state index in [0.717, 1.165) is 25.7 Å². The maximum Gasteiger partial charge on any atom is 0.144 e. The first-order valence-electron chi connectivity index (χ1n) is 7.87. The molecule has 2 heteroatoms. The average molecular weight is 273 g/mol. The summed E-state index contributed by atoms with van der Waals surface area (Å²) in [5.74, 6) is 0.357. The Kier molecular flexibility index (Phi) is 4.98. The summed E-state index contributed by atoms with van der Waals surface area (Å²) in [7, 11) is 0. The molecule has 1 saturated carbocycles. The van der Waals surface area contributed by atoms with Gasteiger partial charge in [0.2, 0.25) is 0 Å². The van der Waals surface area contributed by atoms with Crippen LogP contribution in [0.15, 0.2) is 18.2 Å². The molecule has 2 rings (SSSR count). The maximum absolute atomic E-state index is 12.9. The third-order valence-electron chi connectivity index (χ3n) is 4.90. The fourth-order valence-corrected chi connectivity index (χ4v) is 3.35. The van der Waals surface area contributed by atoms with E-state index in [1.54, 1.807) is 0 Å². The van der Waals surface area contributed by atoms with Gasteiger partial charge in [0.15, 0.2) is 0 Å². The average Bonchev–Trinajstić information content (AvgIpc) is 2.69. The Bertz CT molecular complexity index is 470. The van der Waals surface area contributed by atoms with Crippen molar-refractivity contribution < 1.29 is 4.79 Å². The standard InChI is InChI=1S/C18H27NO/c1-14-7-8-15(2)16(11-14)12-17(20)18(13-19)9-5-3-4-6-10-18/h7-8,11H,3-6,9-10,12-13,19H2,1-2H3. The molecule has 1 aliphatic carbocycles. The number of benzene rings is 1. The Hall–Kier alpha value is -1.15. The molecule has 0 heterocycles. The number of carbonyl (C=O) groups excluding carboxylic acids is 1. The number of nitrogens with two attached hydrogens (primary N) is 1. The molecule has 0 unspecified atom stereocenters. The van der Waals surface area contributed by atoms with Crippen LogP contribution in [0.1, 0.15) is 55.2 Å². The molecule has 20 heavy (non-hydrogen) atoms. The first kappa shape index (κ1) is 15.2. The minimum atomic E-state index is -0.257. The SMILES string of the molecule is Cc1ccc(C)c(CC(=O)C2(CN)CCCCCC2)c1. The van der Waals surface area contributed by atoms with Crippen LogP contribution in [0.25, 0.3) is 0 Å². The van der Waals surface area contributed by atoms with E-state index in [0.29, 0.717) is 18.7 Å². The number of hydrogen-bond acceptors (Lipinski definition) is 2. The normalized spacial score (nSPS) is 18.6. The molecule has 0 bridgehead atoms. The van der Waals surface area contributed by atoms with Gasteiger partial charge in [-0.05, 0) is 37.8 Å². The van der Waals surface area contributed by atoms with E-state index in [9.17, 15) is 4.79 Å². The molecule has 0 aliphatic heterocycles.